The van der Waals surface area contributed by atoms with Gasteiger partial charge in [0.25, 0.3) is 0 Å². The number of rotatable bonds is 6. The van der Waals surface area contributed by atoms with E-state index in [1.807, 2.05) is 0 Å². The highest BCUT2D eigenvalue weighted by Crippen LogP contribution is 2.44. The van der Waals surface area contributed by atoms with Crippen LogP contribution in [0.15, 0.2) is 18.2 Å². The molecule has 1 saturated carbocycles. The van der Waals surface area contributed by atoms with Gasteiger partial charge in [-0.15, -0.1) is 0 Å². The zero-order valence-corrected chi connectivity index (χ0v) is 9.68. The molecule has 0 radical (unpaired) electrons. The number of aliphatic hydroxyl groups is 1. The summed E-state index contributed by atoms with van der Waals surface area (Å²) in [5.74, 6) is -0.771. The Balaban J connectivity index is 1.76. The molecule has 0 aromatic heterocycles. The van der Waals surface area contributed by atoms with Crippen LogP contribution in [0.3, 0.4) is 0 Å². The lowest BCUT2D eigenvalue weighted by atomic mass is 10.1. The maximum atomic E-state index is 13.3. The van der Waals surface area contributed by atoms with E-state index in [0.717, 1.165) is 31.5 Å². The van der Waals surface area contributed by atoms with Crippen LogP contribution in [0, 0.1) is 17.0 Å². The molecule has 2 nitrogen and oxygen atoms in total. The third-order valence-electron chi connectivity index (χ3n) is 3.37. The first-order chi connectivity index (χ1) is 8.15. The normalized spacial score (nSPS) is 17.1. The highest BCUT2D eigenvalue weighted by atomic mass is 19.1. The number of nitrogens with one attached hydrogen (secondary N) is 1. The van der Waals surface area contributed by atoms with Gasteiger partial charge in [0.2, 0.25) is 0 Å². The quantitative estimate of drug-likeness (QED) is 0.745. The third kappa shape index (κ3) is 3.23. The lowest BCUT2D eigenvalue weighted by molar-refractivity contribution is 0.208. The fourth-order valence-corrected chi connectivity index (χ4v) is 1.88. The van der Waals surface area contributed by atoms with E-state index in [1.54, 1.807) is 0 Å². The Morgan fingerprint density at radius 1 is 1.29 bits per heavy atom. The molecule has 1 fully saturated rings. The zero-order valence-electron chi connectivity index (χ0n) is 9.68. The molecule has 4 heteroatoms. The Hall–Kier alpha value is -1.00. The van der Waals surface area contributed by atoms with E-state index in [9.17, 15) is 8.78 Å². The monoisotopic (exact) mass is 241 g/mol. The summed E-state index contributed by atoms with van der Waals surface area (Å²) in [5.41, 5.74) is 0.451. The summed E-state index contributed by atoms with van der Waals surface area (Å²) in [6, 6.07) is 3.51. The lowest BCUT2D eigenvalue weighted by Crippen LogP contribution is -2.28. The van der Waals surface area contributed by atoms with Crippen LogP contribution in [0.2, 0.25) is 0 Å². The van der Waals surface area contributed by atoms with E-state index in [0.29, 0.717) is 18.5 Å². The molecule has 0 aliphatic heterocycles. The van der Waals surface area contributed by atoms with Gasteiger partial charge in [-0.2, -0.15) is 0 Å². The van der Waals surface area contributed by atoms with Crippen molar-refractivity contribution < 1.29 is 13.9 Å². The molecule has 2 N–H and O–H groups in total. The average molecular weight is 241 g/mol. The molecular formula is C13H17F2NO. The molecule has 0 amide bonds. The molecule has 0 saturated heterocycles. The molecule has 1 aromatic carbocycles. The number of halogens is 2. The predicted molar refractivity (Wildman–Crippen MR) is 61.7 cm³/mol. The second kappa shape index (κ2) is 5.10. The molecule has 1 aromatic rings. The average Bonchev–Trinajstić information content (AvgIpc) is 3.10. The minimum Gasteiger partial charge on any atom is -0.396 e. The SMILES string of the molecule is OCC1(CNCCc2cc(F)ccc2F)CC1. The summed E-state index contributed by atoms with van der Waals surface area (Å²) >= 11 is 0. The Labute approximate surface area is 99.7 Å². The first kappa shape index (κ1) is 12.5. The van der Waals surface area contributed by atoms with Crippen molar-refractivity contribution in [1.82, 2.24) is 5.32 Å². The van der Waals surface area contributed by atoms with Crippen molar-refractivity contribution in [2.24, 2.45) is 5.41 Å². The van der Waals surface area contributed by atoms with E-state index in [-0.39, 0.29) is 17.8 Å². The van der Waals surface area contributed by atoms with Crippen LogP contribution in [0.4, 0.5) is 8.78 Å². The van der Waals surface area contributed by atoms with Gasteiger partial charge in [0.05, 0.1) is 0 Å². The highest BCUT2D eigenvalue weighted by molar-refractivity contribution is 5.19. The van der Waals surface area contributed by atoms with Crippen molar-refractivity contribution >= 4 is 0 Å². The number of aliphatic hydroxyl groups excluding tert-OH is 1. The number of hydrogen-bond donors (Lipinski definition) is 2. The van der Waals surface area contributed by atoms with Crippen molar-refractivity contribution in [2.45, 2.75) is 19.3 Å². The summed E-state index contributed by atoms with van der Waals surface area (Å²) in [4.78, 5) is 0. The smallest absolute Gasteiger partial charge is 0.126 e. The summed E-state index contributed by atoms with van der Waals surface area (Å²) in [6.45, 7) is 1.55. The molecule has 0 unspecified atom stereocenters. The Kier molecular flexibility index (Phi) is 3.74. The second-order valence-electron chi connectivity index (χ2n) is 4.82. The number of benzene rings is 1. The molecule has 0 atom stereocenters. The van der Waals surface area contributed by atoms with Crippen LogP contribution in [-0.4, -0.2) is 24.8 Å². The Morgan fingerprint density at radius 2 is 2.06 bits per heavy atom. The van der Waals surface area contributed by atoms with Gasteiger partial charge in [-0.1, -0.05) is 0 Å². The maximum Gasteiger partial charge on any atom is 0.126 e. The van der Waals surface area contributed by atoms with Gasteiger partial charge in [-0.05, 0) is 49.6 Å². The van der Waals surface area contributed by atoms with Crippen molar-refractivity contribution in [3.05, 3.63) is 35.4 Å². The van der Waals surface area contributed by atoms with Crippen molar-refractivity contribution in [3.8, 4) is 0 Å². The highest BCUT2D eigenvalue weighted by Gasteiger charge is 2.41. The van der Waals surface area contributed by atoms with Crippen molar-refractivity contribution in [2.75, 3.05) is 19.7 Å². The minimum atomic E-state index is -0.407. The predicted octanol–water partition coefficient (Wildman–Crippen LogP) is 1.87. The molecule has 1 aliphatic carbocycles. The maximum absolute atomic E-state index is 13.3. The summed E-state index contributed by atoms with van der Waals surface area (Å²) in [5, 5.41) is 12.3. The molecule has 0 heterocycles. The minimum absolute atomic E-state index is 0.0560. The standard InChI is InChI=1S/C13H17F2NO/c14-11-1-2-12(15)10(7-11)3-6-16-8-13(9-17)4-5-13/h1-2,7,16-17H,3-6,8-9H2. The van der Waals surface area contributed by atoms with Crippen LogP contribution in [0.25, 0.3) is 0 Å². The largest absolute Gasteiger partial charge is 0.396 e. The fourth-order valence-electron chi connectivity index (χ4n) is 1.88. The molecule has 0 bridgehead atoms. The van der Waals surface area contributed by atoms with Crippen LogP contribution >= 0.6 is 0 Å². The topological polar surface area (TPSA) is 32.3 Å². The van der Waals surface area contributed by atoms with Crippen LogP contribution in [0.1, 0.15) is 18.4 Å². The first-order valence-corrected chi connectivity index (χ1v) is 5.91. The van der Waals surface area contributed by atoms with Crippen LogP contribution in [-0.2, 0) is 6.42 Å². The molecule has 94 valence electrons. The van der Waals surface area contributed by atoms with Gasteiger partial charge in [0.1, 0.15) is 11.6 Å². The van der Waals surface area contributed by atoms with E-state index < -0.39 is 5.82 Å². The summed E-state index contributed by atoms with van der Waals surface area (Å²) in [7, 11) is 0. The lowest BCUT2D eigenvalue weighted by Gasteiger charge is -2.12. The van der Waals surface area contributed by atoms with Gasteiger partial charge < -0.3 is 10.4 Å². The third-order valence-corrected chi connectivity index (χ3v) is 3.37. The Morgan fingerprint density at radius 3 is 2.71 bits per heavy atom. The summed E-state index contributed by atoms with van der Waals surface area (Å²) < 4.78 is 26.2. The number of hydrogen-bond acceptors (Lipinski definition) is 2. The molecule has 1 aliphatic rings. The Bertz CT molecular complexity index is 391. The van der Waals surface area contributed by atoms with Gasteiger partial charge in [0, 0.05) is 18.6 Å². The fraction of sp³-hybridized carbons (Fsp3) is 0.538. The van der Waals surface area contributed by atoms with E-state index in [4.69, 9.17) is 5.11 Å². The van der Waals surface area contributed by atoms with E-state index in [1.165, 1.54) is 6.07 Å². The summed E-state index contributed by atoms with van der Waals surface area (Å²) in [6.07, 6.45) is 2.56. The van der Waals surface area contributed by atoms with Gasteiger partial charge in [-0.3, -0.25) is 0 Å². The molecular weight excluding hydrogens is 224 g/mol. The zero-order chi connectivity index (χ0) is 12.3. The van der Waals surface area contributed by atoms with Crippen LogP contribution < -0.4 is 5.32 Å². The van der Waals surface area contributed by atoms with Gasteiger partial charge in [-0.25, -0.2) is 8.78 Å². The van der Waals surface area contributed by atoms with Crippen molar-refractivity contribution in [3.63, 3.8) is 0 Å². The van der Waals surface area contributed by atoms with Gasteiger partial charge in [0.15, 0.2) is 0 Å². The molecule has 0 spiro atoms. The second-order valence-corrected chi connectivity index (χ2v) is 4.82. The van der Waals surface area contributed by atoms with Crippen LogP contribution in [0.5, 0.6) is 0 Å². The van der Waals surface area contributed by atoms with E-state index in [2.05, 4.69) is 5.32 Å². The molecule has 2 rings (SSSR count). The molecule has 17 heavy (non-hydrogen) atoms. The first-order valence-electron chi connectivity index (χ1n) is 5.91. The van der Waals surface area contributed by atoms with E-state index >= 15 is 0 Å². The van der Waals surface area contributed by atoms with Gasteiger partial charge >= 0.3 is 0 Å². The van der Waals surface area contributed by atoms with Crippen molar-refractivity contribution in [1.29, 1.82) is 0 Å².